The van der Waals surface area contributed by atoms with Crippen LogP contribution in [0.5, 0.6) is 5.75 Å². The van der Waals surface area contributed by atoms with Crippen molar-refractivity contribution in [2.75, 3.05) is 14.2 Å². The Hall–Kier alpha value is -2.57. The standard InChI is InChI=1S/C15H10F4O3/c1-21-8-5-3-7(4-6-8)9-11(16)13(18)10(15(20)22-2)14(19)12(9)17/h3-6H,1-2H3. The van der Waals surface area contributed by atoms with E-state index in [-0.39, 0.29) is 5.56 Å². The van der Waals surface area contributed by atoms with Gasteiger partial charge in [-0.25, -0.2) is 22.4 Å². The summed E-state index contributed by atoms with van der Waals surface area (Å²) in [5.74, 6) is -8.08. The quantitative estimate of drug-likeness (QED) is 0.492. The molecule has 7 heteroatoms. The lowest BCUT2D eigenvalue weighted by Gasteiger charge is -2.11. The number of halogens is 4. The van der Waals surface area contributed by atoms with E-state index in [1.54, 1.807) is 0 Å². The minimum absolute atomic E-state index is 0.106. The van der Waals surface area contributed by atoms with Gasteiger partial charge in [0, 0.05) is 0 Å². The molecule has 0 aliphatic heterocycles. The molecule has 0 aliphatic rings. The average Bonchev–Trinajstić information content (AvgIpc) is 2.53. The van der Waals surface area contributed by atoms with E-state index < -0.39 is 40.4 Å². The van der Waals surface area contributed by atoms with Gasteiger partial charge in [0.1, 0.15) is 11.3 Å². The van der Waals surface area contributed by atoms with Gasteiger partial charge >= 0.3 is 5.97 Å². The van der Waals surface area contributed by atoms with Crippen molar-refractivity contribution >= 4 is 5.97 Å². The van der Waals surface area contributed by atoms with Crippen molar-refractivity contribution in [2.24, 2.45) is 0 Å². The maximum absolute atomic E-state index is 14.0. The molecule has 0 amide bonds. The largest absolute Gasteiger partial charge is 0.497 e. The maximum Gasteiger partial charge on any atom is 0.344 e. The second-order valence-corrected chi connectivity index (χ2v) is 4.23. The molecule has 0 aromatic heterocycles. The Bertz CT molecular complexity index is 698. The lowest BCUT2D eigenvalue weighted by Crippen LogP contribution is -2.13. The summed E-state index contributed by atoms with van der Waals surface area (Å²) in [7, 11) is 2.23. The lowest BCUT2D eigenvalue weighted by atomic mass is 10.0. The van der Waals surface area contributed by atoms with E-state index in [1.807, 2.05) is 0 Å². The Morgan fingerprint density at radius 3 is 1.77 bits per heavy atom. The van der Waals surface area contributed by atoms with E-state index in [1.165, 1.54) is 31.4 Å². The molecule has 0 unspecified atom stereocenters. The molecule has 2 aromatic rings. The molecule has 0 radical (unpaired) electrons. The van der Waals surface area contributed by atoms with Crippen molar-refractivity contribution in [1.82, 2.24) is 0 Å². The summed E-state index contributed by atoms with van der Waals surface area (Å²) in [6.45, 7) is 0. The first-order valence-corrected chi connectivity index (χ1v) is 6.01. The highest BCUT2D eigenvalue weighted by Gasteiger charge is 2.30. The van der Waals surface area contributed by atoms with Crippen LogP contribution in [0.4, 0.5) is 17.6 Å². The van der Waals surface area contributed by atoms with Crippen molar-refractivity contribution in [3.05, 3.63) is 53.1 Å². The highest BCUT2D eigenvalue weighted by molar-refractivity contribution is 5.91. The normalized spacial score (nSPS) is 10.5. The zero-order valence-electron chi connectivity index (χ0n) is 11.5. The van der Waals surface area contributed by atoms with Crippen LogP contribution in [-0.4, -0.2) is 20.2 Å². The van der Waals surface area contributed by atoms with E-state index in [0.717, 1.165) is 7.11 Å². The van der Waals surface area contributed by atoms with E-state index in [2.05, 4.69) is 4.74 Å². The van der Waals surface area contributed by atoms with Crippen molar-refractivity contribution in [3.63, 3.8) is 0 Å². The SMILES string of the molecule is COC(=O)c1c(F)c(F)c(-c2ccc(OC)cc2)c(F)c1F. The number of methoxy groups -OCH3 is 2. The van der Waals surface area contributed by atoms with Gasteiger partial charge in [-0.1, -0.05) is 12.1 Å². The van der Waals surface area contributed by atoms with Crippen LogP contribution < -0.4 is 4.74 Å². The first kappa shape index (κ1) is 15.8. The van der Waals surface area contributed by atoms with Crippen LogP contribution in [0, 0.1) is 23.3 Å². The van der Waals surface area contributed by atoms with Gasteiger partial charge in [0.15, 0.2) is 23.3 Å². The minimum Gasteiger partial charge on any atom is -0.497 e. The molecule has 0 fully saturated rings. The minimum atomic E-state index is -1.81. The van der Waals surface area contributed by atoms with Crippen molar-refractivity contribution in [2.45, 2.75) is 0 Å². The van der Waals surface area contributed by atoms with Gasteiger partial charge in [0.25, 0.3) is 0 Å². The van der Waals surface area contributed by atoms with Gasteiger partial charge in [0.05, 0.1) is 19.8 Å². The fourth-order valence-electron chi connectivity index (χ4n) is 1.92. The van der Waals surface area contributed by atoms with Gasteiger partial charge < -0.3 is 9.47 Å². The first-order chi connectivity index (χ1) is 10.4. The molecule has 3 nitrogen and oxygen atoms in total. The summed E-state index contributed by atoms with van der Waals surface area (Å²) in [6.07, 6.45) is 0. The smallest absolute Gasteiger partial charge is 0.344 e. The topological polar surface area (TPSA) is 35.5 Å². The molecular weight excluding hydrogens is 304 g/mol. The third-order valence-electron chi connectivity index (χ3n) is 3.03. The predicted octanol–water partition coefficient (Wildman–Crippen LogP) is 3.71. The van der Waals surface area contributed by atoms with Crippen LogP contribution in [0.25, 0.3) is 11.1 Å². The monoisotopic (exact) mass is 314 g/mol. The summed E-state index contributed by atoms with van der Waals surface area (Å²) in [5.41, 5.74) is -2.43. The molecule has 0 bridgehead atoms. The Labute approximate surface area is 123 Å². The third kappa shape index (κ3) is 2.49. The molecule has 0 N–H and O–H groups in total. The Kier molecular flexibility index (Phi) is 4.35. The Morgan fingerprint density at radius 2 is 1.36 bits per heavy atom. The number of carbonyl (C=O) groups is 1. The molecule has 0 atom stereocenters. The molecule has 0 saturated carbocycles. The molecule has 0 spiro atoms. The fourth-order valence-corrected chi connectivity index (χ4v) is 1.92. The molecular formula is C15H10F4O3. The first-order valence-electron chi connectivity index (χ1n) is 6.01. The zero-order chi connectivity index (χ0) is 16.4. The van der Waals surface area contributed by atoms with Crippen LogP contribution in [0.15, 0.2) is 24.3 Å². The lowest BCUT2D eigenvalue weighted by molar-refractivity contribution is 0.0587. The average molecular weight is 314 g/mol. The number of ether oxygens (including phenoxy) is 2. The number of hydrogen-bond donors (Lipinski definition) is 0. The zero-order valence-corrected chi connectivity index (χ0v) is 11.5. The molecule has 22 heavy (non-hydrogen) atoms. The highest BCUT2D eigenvalue weighted by atomic mass is 19.2. The van der Waals surface area contributed by atoms with Crippen LogP contribution in [0.1, 0.15) is 10.4 Å². The van der Waals surface area contributed by atoms with Gasteiger partial charge in [-0.3, -0.25) is 0 Å². The summed E-state index contributed by atoms with van der Waals surface area (Å²) >= 11 is 0. The maximum atomic E-state index is 14.0. The summed E-state index contributed by atoms with van der Waals surface area (Å²) in [5, 5.41) is 0. The van der Waals surface area contributed by atoms with Crippen molar-refractivity contribution in [1.29, 1.82) is 0 Å². The fraction of sp³-hybridized carbons (Fsp3) is 0.133. The molecule has 0 heterocycles. The second-order valence-electron chi connectivity index (χ2n) is 4.23. The van der Waals surface area contributed by atoms with Crippen LogP contribution in [-0.2, 0) is 4.74 Å². The van der Waals surface area contributed by atoms with Crippen LogP contribution >= 0.6 is 0 Å². The van der Waals surface area contributed by atoms with Crippen LogP contribution in [0.2, 0.25) is 0 Å². The van der Waals surface area contributed by atoms with E-state index in [4.69, 9.17) is 4.74 Å². The molecule has 0 aliphatic carbocycles. The molecule has 0 saturated heterocycles. The Balaban J connectivity index is 2.69. The van der Waals surface area contributed by atoms with Gasteiger partial charge in [-0.2, -0.15) is 0 Å². The predicted molar refractivity (Wildman–Crippen MR) is 69.6 cm³/mol. The van der Waals surface area contributed by atoms with Gasteiger partial charge in [0.2, 0.25) is 0 Å². The van der Waals surface area contributed by atoms with E-state index in [0.29, 0.717) is 5.75 Å². The second kappa shape index (κ2) is 6.05. The van der Waals surface area contributed by atoms with Crippen molar-refractivity contribution < 1.29 is 31.8 Å². The summed E-state index contributed by atoms with van der Waals surface area (Å²) in [6, 6.07) is 5.21. The third-order valence-corrected chi connectivity index (χ3v) is 3.03. The Morgan fingerprint density at radius 1 is 0.864 bits per heavy atom. The molecule has 116 valence electrons. The molecule has 2 rings (SSSR count). The summed E-state index contributed by atoms with van der Waals surface area (Å²) < 4.78 is 64.8. The highest BCUT2D eigenvalue weighted by Crippen LogP contribution is 2.33. The number of esters is 1. The van der Waals surface area contributed by atoms with Crippen molar-refractivity contribution in [3.8, 4) is 16.9 Å². The molecule has 2 aromatic carbocycles. The number of hydrogen-bond acceptors (Lipinski definition) is 3. The summed E-state index contributed by atoms with van der Waals surface area (Å²) in [4.78, 5) is 11.2. The van der Waals surface area contributed by atoms with Crippen LogP contribution in [0.3, 0.4) is 0 Å². The van der Waals surface area contributed by atoms with E-state index in [9.17, 15) is 22.4 Å². The van der Waals surface area contributed by atoms with Gasteiger partial charge in [-0.05, 0) is 17.7 Å². The van der Waals surface area contributed by atoms with E-state index >= 15 is 0 Å². The number of benzene rings is 2. The van der Waals surface area contributed by atoms with Gasteiger partial charge in [-0.15, -0.1) is 0 Å². The number of rotatable bonds is 3. The number of carbonyl (C=O) groups excluding carboxylic acids is 1.